The first kappa shape index (κ1) is 19.6. The van der Waals surface area contributed by atoms with Crippen LogP contribution < -0.4 is 0 Å². The molecule has 1 N–H and O–H groups in total. The molecule has 0 amide bonds. The van der Waals surface area contributed by atoms with Crippen molar-refractivity contribution in [2.45, 2.75) is 82.0 Å². The lowest BCUT2D eigenvalue weighted by molar-refractivity contribution is -0.148. The van der Waals surface area contributed by atoms with E-state index >= 15 is 0 Å². The van der Waals surface area contributed by atoms with E-state index in [1.54, 1.807) is 0 Å². The zero-order chi connectivity index (χ0) is 18.2. The van der Waals surface area contributed by atoms with Gasteiger partial charge in [0.2, 0.25) is 0 Å². The van der Waals surface area contributed by atoms with Crippen LogP contribution in [-0.2, 0) is 11.3 Å². The molecule has 0 aromatic heterocycles. The molecule has 0 aliphatic carbocycles. The summed E-state index contributed by atoms with van der Waals surface area (Å²) in [5, 5.41) is 11.2. The van der Waals surface area contributed by atoms with Crippen molar-refractivity contribution in [2.24, 2.45) is 0 Å². The molecule has 0 spiro atoms. The molecule has 1 aromatic rings. The Morgan fingerprint density at radius 2 is 1.69 bits per heavy atom. The molecule has 2 aliphatic rings. The molecule has 1 aromatic carbocycles. The second-order valence-corrected chi connectivity index (χ2v) is 8.23. The van der Waals surface area contributed by atoms with Gasteiger partial charge in [-0.25, -0.2) is 0 Å². The fourth-order valence-electron chi connectivity index (χ4n) is 4.67. The monoisotopic (exact) mass is 357 g/mol. The van der Waals surface area contributed by atoms with Gasteiger partial charge in [-0.1, -0.05) is 62.1 Å². The summed E-state index contributed by atoms with van der Waals surface area (Å²) in [6.07, 6.45) is 12.0. The van der Waals surface area contributed by atoms with E-state index in [-0.39, 0.29) is 0 Å². The van der Waals surface area contributed by atoms with Crippen molar-refractivity contribution >= 4 is 0 Å². The number of fused-ring (bicyclic) bond motifs is 2. The Morgan fingerprint density at radius 1 is 1.04 bits per heavy atom. The molecule has 2 heterocycles. The third-order valence-electron chi connectivity index (χ3n) is 6.05. The Bertz CT molecular complexity index is 530. The minimum Gasteiger partial charge on any atom is -0.390 e. The van der Waals surface area contributed by atoms with E-state index in [4.69, 9.17) is 4.74 Å². The molecule has 3 nitrogen and oxygen atoms in total. The van der Waals surface area contributed by atoms with E-state index in [0.29, 0.717) is 12.1 Å². The number of allylic oxidation sites excluding steroid dienone is 1. The fraction of sp³-hybridized carbons (Fsp3) is 0.652. The third-order valence-corrected chi connectivity index (χ3v) is 6.05. The number of rotatable bonds is 10. The highest BCUT2D eigenvalue weighted by Crippen LogP contribution is 2.38. The summed E-state index contributed by atoms with van der Waals surface area (Å²) in [6.45, 7) is 6.26. The molecule has 3 heteroatoms. The summed E-state index contributed by atoms with van der Waals surface area (Å²) in [5.41, 5.74) is 0.863. The Labute approximate surface area is 159 Å². The molecule has 2 aliphatic heterocycles. The van der Waals surface area contributed by atoms with E-state index in [1.165, 1.54) is 31.2 Å². The van der Waals surface area contributed by atoms with Crippen molar-refractivity contribution in [1.82, 2.24) is 4.90 Å². The predicted molar refractivity (Wildman–Crippen MR) is 107 cm³/mol. The summed E-state index contributed by atoms with van der Waals surface area (Å²) < 4.78 is 5.82. The van der Waals surface area contributed by atoms with E-state index in [1.807, 2.05) is 6.08 Å². The Balaban J connectivity index is 1.48. The van der Waals surface area contributed by atoms with Gasteiger partial charge in [0.15, 0.2) is 0 Å². The lowest BCUT2D eigenvalue weighted by Crippen LogP contribution is -2.61. The average molecular weight is 358 g/mol. The van der Waals surface area contributed by atoms with E-state index in [0.717, 1.165) is 51.9 Å². The number of hydrogen-bond acceptors (Lipinski definition) is 3. The predicted octanol–water partition coefficient (Wildman–Crippen LogP) is 4.70. The lowest BCUT2D eigenvalue weighted by atomic mass is 9.78. The maximum atomic E-state index is 11.2. The number of piperidine rings is 1. The number of unbranched alkanes of at least 4 members (excludes halogenated alkanes) is 5. The lowest BCUT2D eigenvalue weighted by Gasteiger charge is -2.52. The quantitative estimate of drug-likeness (QED) is 0.487. The summed E-state index contributed by atoms with van der Waals surface area (Å²) in [4.78, 5) is 2.57. The molecule has 0 radical (unpaired) electrons. The molecule has 2 saturated heterocycles. The Hall–Kier alpha value is -1.16. The van der Waals surface area contributed by atoms with Gasteiger partial charge in [-0.05, 0) is 37.7 Å². The molecule has 2 atom stereocenters. The summed E-state index contributed by atoms with van der Waals surface area (Å²) in [5.74, 6) is 0. The highest BCUT2D eigenvalue weighted by Gasteiger charge is 2.45. The van der Waals surface area contributed by atoms with E-state index in [2.05, 4.69) is 41.8 Å². The van der Waals surface area contributed by atoms with Crippen LogP contribution >= 0.6 is 0 Å². The number of hydrogen-bond donors (Lipinski definition) is 1. The van der Waals surface area contributed by atoms with Gasteiger partial charge in [-0.2, -0.15) is 0 Å². The molecule has 144 valence electrons. The van der Waals surface area contributed by atoms with Gasteiger partial charge in [-0.15, -0.1) is 6.58 Å². The maximum Gasteiger partial charge on any atom is 0.0679 e. The van der Waals surface area contributed by atoms with Crippen LogP contribution in [0.15, 0.2) is 43.0 Å². The van der Waals surface area contributed by atoms with Crippen LogP contribution in [0, 0.1) is 0 Å². The Morgan fingerprint density at radius 3 is 2.38 bits per heavy atom. The fourth-order valence-corrected chi connectivity index (χ4v) is 4.67. The molecule has 2 bridgehead atoms. The van der Waals surface area contributed by atoms with Gasteiger partial charge >= 0.3 is 0 Å². The van der Waals surface area contributed by atoms with Gasteiger partial charge in [-0.3, -0.25) is 4.90 Å². The van der Waals surface area contributed by atoms with Crippen LogP contribution in [-0.4, -0.2) is 40.9 Å². The van der Waals surface area contributed by atoms with Crippen molar-refractivity contribution < 1.29 is 9.84 Å². The zero-order valence-corrected chi connectivity index (χ0v) is 16.1. The standard InChI is InChI=1S/C23H35NO2/c1-2-3-4-5-6-7-11-14-23(25)15-21-18-26-19-22(16-23)24(21)17-20-12-9-8-10-13-20/h2,8-10,12-13,21-22,25H,1,3-7,11,14-19H2. The first-order valence-electron chi connectivity index (χ1n) is 10.4. The highest BCUT2D eigenvalue weighted by atomic mass is 16.5. The minimum absolute atomic E-state index is 0.347. The van der Waals surface area contributed by atoms with Gasteiger partial charge in [0.05, 0.1) is 18.8 Å². The molecule has 2 unspecified atom stereocenters. The van der Waals surface area contributed by atoms with Gasteiger partial charge in [0.1, 0.15) is 0 Å². The Kier molecular flexibility index (Phi) is 7.30. The summed E-state index contributed by atoms with van der Waals surface area (Å²) in [6, 6.07) is 11.4. The van der Waals surface area contributed by atoms with Crippen LogP contribution in [0.2, 0.25) is 0 Å². The van der Waals surface area contributed by atoms with Gasteiger partial charge in [0.25, 0.3) is 0 Å². The first-order chi connectivity index (χ1) is 12.7. The molecular formula is C23H35NO2. The van der Waals surface area contributed by atoms with Crippen molar-refractivity contribution in [3.63, 3.8) is 0 Å². The molecule has 3 rings (SSSR count). The van der Waals surface area contributed by atoms with E-state index in [9.17, 15) is 5.11 Å². The van der Waals surface area contributed by atoms with Gasteiger partial charge in [0, 0.05) is 18.6 Å². The van der Waals surface area contributed by atoms with Crippen molar-refractivity contribution in [1.29, 1.82) is 0 Å². The zero-order valence-electron chi connectivity index (χ0n) is 16.1. The average Bonchev–Trinajstić information content (AvgIpc) is 2.63. The third kappa shape index (κ3) is 5.42. The van der Waals surface area contributed by atoms with E-state index < -0.39 is 5.60 Å². The number of benzene rings is 1. The number of morpholine rings is 1. The second-order valence-electron chi connectivity index (χ2n) is 8.23. The van der Waals surface area contributed by atoms with Crippen LogP contribution in [0.3, 0.4) is 0 Å². The number of aliphatic hydroxyl groups is 1. The minimum atomic E-state index is -0.493. The first-order valence-corrected chi connectivity index (χ1v) is 10.4. The summed E-state index contributed by atoms with van der Waals surface area (Å²) in [7, 11) is 0. The smallest absolute Gasteiger partial charge is 0.0679 e. The highest BCUT2D eigenvalue weighted by molar-refractivity contribution is 5.15. The topological polar surface area (TPSA) is 32.7 Å². The molecule has 0 saturated carbocycles. The molecule has 2 fully saturated rings. The van der Waals surface area contributed by atoms with Crippen LogP contribution in [0.4, 0.5) is 0 Å². The summed E-state index contributed by atoms with van der Waals surface area (Å²) >= 11 is 0. The van der Waals surface area contributed by atoms with Crippen LogP contribution in [0.25, 0.3) is 0 Å². The van der Waals surface area contributed by atoms with Crippen LogP contribution in [0.1, 0.15) is 63.4 Å². The van der Waals surface area contributed by atoms with Crippen molar-refractivity contribution in [2.75, 3.05) is 13.2 Å². The van der Waals surface area contributed by atoms with Crippen molar-refractivity contribution in [3.8, 4) is 0 Å². The van der Waals surface area contributed by atoms with Crippen LogP contribution in [0.5, 0.6) is 0 Å². The number of nitrogens with zero attached hydrogens (tertiary/aromatic N) is 1. The normalized spacial score (nSPS) is 28.8. The van der Waals surface area contributed by atoms with Gasteiger partial charge < -0.3 is 9.84 Å². The number of ether oxygens (including phenoxy) is 1. The molecule has 26 heavy (non-hydrogen) atoms. The SMILES string of the molecule is C=CCCCCCCCC1(O)CC2COCC(C1)N2Cc1ccccc1. The molecular weight excluding hydrogens is 322 g/mol. The maximum absolute atomic E-state index is 11.2. The second kappa shape index (κ2) is 9.68. The van der Waals surface area contributed by atoms with Crippen molar-refractivity contribution in [3.05, 3.63) is 48.6 Å². The largest absolute Gasteiger partial charge is 0.390 e.